The standard InChI is InChI=1S/C16H22N2O6S/c1-23-8-7-17-15(19)11-24-16(20)14-9-12-5-3-4-6-13(12)10-18(14)25(2,21)22/h3-6,14H,7-11H2,1-2H3,(H,17,19)/t14-/m0/s1. The summed E-state index contributed by atoms with van der Waals surface area (Å²) in [5, 5.41) is 2.53. The number of carbonyl (C=O) groups is 2. The van der Waals surface area contributed by atoms with Crippen molar-refractivity contribution in [2.45, 2.75) is 19.0 Å². The molecule has 0 fully saturated rings. The number of esters is 1. The van der Waals surface area contributed by atoms with Gasteiger partial charge in [0, 0.05) is 26.6 Å². The highest BCUT2D eigenvalue weighted by Crippen LogP contribution is 2.26. The Hall–Kier alpha value is -1.97. The highest BCUT2D eigenvalue weighted by molar-refractivity contribution is 7.88. The molecule has 1 atom stereocenters. The van der Waals surface area contributed by atoms with Crippen LogP contribution in [0, 0.1) is 0 Å². The smallest absolute Gasteiger partial charge is 0.325 e. The molecule has 1 heterocycles. The highest BCUT2D eigenvalue weighted by atomic mass is 32.2. The number of methoxy groups -OCH3 is 1. The average Bonchev–Trinajstić information content (AvgIpc) is 2.58. The Bertz CT molecular complexity index is 734. The molecule has 9 heteroatoms. The van der Waals surface area contributed by atoms with Crippen molar-refractivity contribution in [3.63, 3.8) is 0 Å². The van der Waals surface area contributed by atoms with Crippen LogP contribution in [-0.2, 0) is 42.1 Å². The zero-order valence-electron chi connectivity index (χ0n) is 14.2. The third kappa shape index (κ3) is 5.25. The molecule has 0 saturated heterocycles. The zero-order valence-corrected chi connectivity index (χ0v) is 15.0. The van der Waals surface area contributed by atoms with Gasteiger partial charge in [-0.15, -0.1) is 0 Å². The van der Waals surface area contributed by atoms with Gasteiger partial charge in [0.05, 0.1) is 12.9 Å². The van der Waals surface area contributed by atoms with Crippen molar-refractivity contribution >= 4 is 21.9 Å². The summed E-state index contributed by atoms with van der Waals surface area (Å²) in [6.07, 6.45) is 1.27. The molecule has 1 amide bonds. The van der Waals surface area contributed by atoms with Gasteiger partial charge in [-0.2, -0.15) is 4.31 Å². The summed E-state index contributed by atoms with van der Waals surface area (Å²) < 4.78 is 35.0. The molecule has 1 aliphatic rings. The number of carbonyl (C=O) groups excluding carboxylic acids is 2. The van der Waals surface area contributed by atoms with Crippen LogP contribution in [0.25, 0.3) is 0 Å². The number of hydrogen-bond acceptors (Lipinski definition) is 6. The van der Waals surface area contributed by atoms with E-state index in [9.17, 15) is 18.0 Å². The Morgan fingerprint density at radius 3 is 2.60 bits per heavy atom. The fourth-order valence-corrected chi connectivity index (χ4v) is 3.62. The first kappa shape index (κ1) is 19.4. The molecular formula is C16H22N2O6S. The first-order valence-electron chi connectivity index (χ1n) is 7.79. The van der Waals surface area contributed by atoms with Gasteiger partial charge in [-0.1, -0.05) is 24.3 Å². The van der Waals surface area contributed by atoms with Crippen molar-refractivity contribution in [2.75, 3.05) is 33.1 Å². The van der Waals surface area contributed by atoms with Crippen molar-refractivity contribution in [3.8, 4) is 0 Å². The Labute approximate surface area is 147 Å². The maximum atomic E-state index is 12.4. The van der Waals surface area contributed by atoms with Gasteiger partial charge in [0.15, 0.2) is 6.61 Å². The molecule has 1 aliphatic heterocycles. The minimum absolute atomic E-state index is 0.106. The van der Waals surface area contributed by atoms with E-state index in [0.29, 0.717) is 13.2 Å². The lowest BCUT2D eigenvalue weighted by molar-refractivity contribution is -0.152. The maximum Gasteiger partial charge on any atom is 0.325 e. The fourth-order valence-electron chi connectivity index (χ4n) is 2.62. The Balaban J connectivity index is 2.04. The van der Waals surface area contributed by atoms with Crippen molar-refractivity contribution in [1.29, 1.82) is 0 Å². The van der Waals surface area contributed by atoms with E-state index in [4.69, 9.17) is 9.47 Å². The van der Waals surface area contributed by atoms with Crippen molar-refractivity contribution in [3.05, 3.63) is 35.4 Å². The molecule has 0 saturated carbocycles. The van der Waals surface area contributed by atoms with Crippen LogP contribution in [0.3, 0.4) is 0 Å². The maximum absolute atomic E-state index is 12.4. The molecule has 0 bridgehead atoms. The molecule has 2 rings (SSSR count). The predicted molar refractivity (Wildman–Crippen MR) is 90.2 cm³/mol. The molecule has 8 nitrogen and oxygen atoms in total. The molecule has 0 unspecified atom stereocenters. The van der Waals surface area contributed by atoms with E-state index in [1.165, 1.54) is 7.11 Å². The van der Waals surface area contributed by atoms with Crippen molar-refractivity contribution < 1.29 is 27.5 Å². The van der Waals surface area contributed by atoms with Gasteiger partial charge in [0.2, 0.25) is 10.0 Å². The molecular weight excluding hydrogens is 348 g/mol. The summed E-state index contributed by atoms with van der Waals surface area (Å²) in [4.78, 5) is 24.0. The van der Waals surface area contributed by atoms with E-state index in [-0.39, 0.29) is 13.0 Å². The van der Waals surface area contributed by atoms with Crippen LogP contribution >= 0.6 is 0 Å². The number of amides is 1. The SMILES string of the molecule is COCCNC(=O)COC(=O)[C@@H]1Cc2ccccc2CN1S(C)(=O)=O. The van der Waals surface area contributed by atoms with E-state index in [2.05, 4.69) is 5.32 Å². The number of nitrogens with zero attached hydrogens (tertiary/aromatic N) is 1. The molecule has 1 N–H and O–H groups in total. The fraction of sp³-hybridized carbons (Fsp3) is 0.500. The number of fused-ring (bicyclic) bond motifs is 1. The second-order valence-corrected chi connectivity index (χ2v) is 7.68. The second-order valence-electron chi connectivity index (χ2n) is 5.75. The van der Waals surface area contributed by atoms with E-state index in [0.717, 1.165) is 21.7 Å². The summed E-state index contributed by atoms with van der Waals surface area (Å²) in [7, 11) is -2.10. The zero-order chi connectivity index (χ0) is 18.4. The third-order valence-corrected chi connectivity index (χ3v) is 5.11. The van der Waals surface area contributed by atoms with Crippen LogP contribution < -0.4 is 5.32 Å². The Morgan fingerprint density at radius 2 is 1.96 bits per heavy atom. The second kappa shape index (κ2) is 8.41. The Kier molecular flexibility index (Phi) is 6.51. The summed E-state index contributed by atoms with van der Waals surface area (Å²) in [5.41, 5.74) is 1.75. The topological polar surface area (TPSA) is 102 Å². The number of rotatable bonds is 7. The van der Waals surface area contributed by atoms with Crippen LogP contribution in [-0.4, -0.2) is 63.8 Å². The lowest BCUT2D eigenvalue weighted by atomic mass is 9.96. The predicted octanol–water partition coefficient (Wildman–Crippen LogP) is -0.321. The molecule has 1 aromatic carbocycles. The van der Waals surface area contributed by atoms with Crippen molar-refractivity contribution in [1.82, 2.24) is 9.62 Å². The minimum atomic E-state index is -3.60. The van der Waals surface area contributed by atoms with Crippen LogP contribution in [0.1, 0.15) is 11.1 Å². The number of sulfonamides is 1. The van der Waals surface area contributed by atoms with Gasteiger partial charge in [-0.25, -0.2) is 8.42 Å². The summed E-state index contributed by atoms with van der Waals surface area (Å²) >= 11 is 0. The van der Waals surface area contributed by atoms with Crippen LogP contribution in [0.15, 0.2) is 24.3 Å². The molecule has 25 heavy (non-hydrogen) atoms. The molecule has 0 radical (unpaired) electrons. The summed E-state index contributed by atoms with van der Waals surface area (Å²) in [6.45, 7) is 0.299. The first-order chi connectivity index (χ1) is 11.8. The molecule has 0 aliphatic carbocycles. The normalized spacial score (nSPS) is 17.6. The van der Waals surface area contributed by atoms with Gasteiger partial charge in [-0.05, 0) is 11.1 Å². The lowest BCUT2D eigenvalue weighted by Gasteiger charge is -2.33. The van der Waals surface area contributed by atoms with Gasteiger partial charge < -0.3 is 14.8 Å². The van der Waals surface area contributed by atoms with Crippen LogP contribution in [0.4, 0.5) is 0 Å². The van der Waals surface area contributed by atoms with Crippen LogP contribution in [0.5, 0.6) is 0 Å². The Morgan fingerprint density at radius 1 is 1.28 bits per heavy atom. The molecule has 138 valence electrons. The van der Waals surface area contributed by atoms with E-state index in [1.54, 1.807) is 0 Å². The largest absolute Gasteiger partial charge is 0.454 e. The minimum Gasteiger partial charge on any atom is -0.454 e. The lowest BCUT2D eigenvalue weighted by Crippen LogP contribution is -2.49. The quantitative estimate of drug-likeness (QED) is 0.521. The number of benzene rings is 1. The number of ether oxygens (including phenoxy) is 2. The molecule has 1 aromatic rings. The van der Waals surface area contributed by atoms with Gasteiger partial charge >= 0.3 is 5.97 Å². The van der Waals surface area contributed by atoms with Gasteiger partial charge in [0.25, 0.3) is 5.91 Å². The summed E-state index contributed by atoms with van der Waals surface area (Å²) in [6, 6.07) is 6.37. The van der Waals surface area contributed by atoms with Gasteiger partial charge in [0.1, 0.15) is 6.04 Å². The number of hydrogen-bond donors (Lipinski definition) is 1. The highest BCUT2D eigenvalue weighted by Gasteiger charge is 2.37. The first-order valence-corrected chi connectivity index (χ1v) is 9.63. The van der Waals surface area contributed by atoms with Gasteiger partial charge in [-0.3, -0.25) is 9.59 Å². The number of nitrogens with one attached hydrogen (secondary N) is 1. The monoisotopic (exact) mass is 370 g/mol. The molecule has 0 spiro atoms. The van der Waals surface area contributed by atoms with E-state index in [1.807, 2.05) is 24.3 Å². The van der Waals surface area contributed by atoms with E-state index < -0.39 is 34.5 Å². The average molecular weight is 370 g/mol. The van der Waals surface area contributed by atoms with Crippen molar-refractivity contribution in [2.24, 2.45) is 0 Å². The van der Waals surface area contributed by atoms with E-state index >= 15 is 0 Å². The third-order valence-electron chi connectivity index (χ3n) is 3.88. The van der Waals surface area contributed by atoms with Crippen LogP contribution in [0.2, 0.25) is 0 Å². The summed E-state index contributed by atoms with van der Waals surface area (Å²) in [5.74, 6) is -1.20. The molecule has 0 aromatic heterocycles.